The van der Waals surface area contributed by atoms with Crippen LogP contribution in [0.15, 0.2) is 59.2 Å². The van der Waals surface area contributed by atoms with Gasteiger partial charge >= 0.3 is 0 Å². The fraction of sp³-hybridized carbons (Fsp3) is 0.263. The summed E-state index contributed by atoms with van der Waals surface area (Å²) in [6.45, 7) is 4.33. The summed E-state index contributed by atoms with van der Waals surface area (Å²) in [5.74, 6) is 1.93. The van der Waals surface area contributed by atoms with Crippen LogP contribution in [0.2, 0.25) is 0 Å². The van der Waals surface area contributed by atoms with E-state index in [9.17, 15) is 0 Å². The summed E-state index contributed by atoms with van der Waals surface area (Å²) in [7, 11) is 0. The van der Waals surface area contributed by atoms with Crippen LogP contribution in [0.4, 0.5) is 0 Å². The van der Waals surface area contributed by atoms with Crippen molar-refractivity contribution in [2.24, 2.45) is 0 Å². The largest absolute Gasteiger partial charge is 0.492 e. The first-order valence-corrected chi connectivity index (χ1v) is 7.75. The molecule has 0 saturated carbocycles. The summed E-state index contributed by atoms with van der Waals surface area (Å²) in [6, 6.07) is 16.5. The second-order valence-electron chi connectivity index (χ2n) is 5.22. The topological polar surface area (TPSA) is 34.4 Å². The number of hydrogen-bond acceptors (Lipinski definition) is 3. The van der Waals surface area contributed by atoms with Crippen LogP contribution in [0.1, 0.15) is 18.2 Å². The maximum absolute atomic E-state index is 5.96. The fourth-order valence-corrected chi connectivity index (χ4v) is 2.67. The minimum absolute atomic E-state index is 0.645. The second-order valence-corrected chi connectivity index (χ2v) is 5.22. The molecule has 0 spiro atoms. The molecule has 1 aromatic heterocycles. The molecule has 3 nitrogen and oxygen atoms in total. The van der Waals surface area contributed by atoms with Gasteiger partial charge in [-0.3, -0.25) is 0 Å². The van der Waals surface area contributed by atoms with Gasteiger partial charge in [-0.15, -0.1) is 0 Å². The lowest BCUT2D eigenvalue weighted by molar-refractivity contribution is 0.308. The lowest BCUT2D eigenvalue weighted by Crippen LogP contribution is -2.20. The summed E-state index contributed by atoms with van der Waals surface area (Å²) in [5.41, 5.74) is 1.28. The third-order valence-electron chi connectivity index (χ3n) is 3.77. The molecule has 114 valence electrons. The van der Waals surface area contributed by atoms with Crippen LogP contribution in [0.3, 0.4) is 0 Å². The predicted octanol–water partition coefficient (Wildman–Crippen LogP) is 4.16. The van der Waals surface area contributed by atoms with Crippen molar-refractivity contribution in [1.82, 2.24) is 5.32 Å². The quantitative estimate of drug-likeness (QED) is 0.664. The Kier molecular flexibility index (Phi) is 4.76. The van der Waals surface area contributed by atoms with E-state index in [0.717, 1.165) is 31.0 Å². The van der Waals surface area contributed by atoms with Crippen molar-refractivity contribution < 1.29 is 9.15 Å². The third kappa shape index (κ3) is 3.31. The number of furan rings is 1. The van der Waals surface area contributed by atoms with E-state index in [2.05, 4.69) is 48.6 Å². The molecular weight excluding hydrogens is 274 g/mol. The van der Waals surface area contributed by atoms with Crippen molar-refractivity contribution in [3.63, 3.8) is 0 Å². The van der Waals surface area contributed by atoms with E-state index < -0.39 is 0 Å². The van der Waals surface area contributed by atoms with Gasteiger partial charge in [0.25, 0.3) is 0 Å². The van der Waals surface area contributed by atoms with E-state index in [4.69, 9.17) is 9.15 Å². The molecule has 0 aliphatic heterocycles. The van der Waals surface area contributed by atoms with Crippen molar-refractivity contribution in [2.75, 3.05) is 13.2 Å². The predicted molar refractivity (Wildman–Crippen MR) is 89.2 cm³/mol. The van der Waals surface area contributed by atoms with E-state index in [0.29, 0.717) is 6.61 Å². The molecule has 0 atom stereocenters. The summed E-state index contributed by atoms with van der Waals surface area (Å²) >= 11 is 0. The Balaban J connectivity index is 1.59. The molecule has 0 amide bonds. The number of benzene rings is 2. The standard InChI is InChI=1S/C19H21NO2/c1-2-17-18-8-4-3-6-15(18)9-10-19(17)22-13-11-20-14-16-7-5-12-21-16/h3-10,12,20H,2,11,13-14H2,1H3. The molecule has 3 rings (SSSR count). The van der Waals surface area contributed by atoms with E-state index in [-0.39, 0.29) is 0 Å². The molecule has 0 aliphatic rings. The van der Waals surface area contributed by atoms with E-state index in [1.807, 2.05) is 12.1 Å². The molecule has 0 saturated heterocycles. The minimum atomic E-state index is 0.645. The molecule has 0 bridgehead atoms. The lowest BCUT2D eigenvalue weighted by Gasteiger charge is -2.13. The van der Waals surface area contributed by atoms with Gasteiger partial charge in [0.2, 0.25) is 0 Å². The van der Waals surface area contributed by atoms with Crippen LogP contribution >= 0.6 is 0 Å². The molecule has 0 fully saturated rings. The SMILES string of the molecule is CCc1c(OCCNCc2ccco2)ccc2ccccc12. The van der Waals surface area contributed by atoms with E-state index in [1.165, 1.54) is 16.3 Å². The van der Waals surface area contributed by atoms with Crippen LogP contribution in [-0.2, 0) is 13.0 Å². The van der Waals surface area contributed by atoms with Gasteiger partial charge in [-0.2, -0.15) is 0 Å². The van der Waals surface area contributed by atoms with Gasteiger partial charge in [0.15, 0.2) is 0 Å². The number of nitrogens with one attached hydrogen (secondary N) is 1. The maximum Gasteiger partial charge on any atom is 0.123 e. The first-order chi connectivity index (χ1) is 10.9. The molecule has 1 N–H and O–H groups in total. The van der Waals surface area contributed by atoms with Crippen LogP contribution in [0.5, 0.6) is 5.75 Å². The van der Waals surface area contributed by atoms with Crippen molar-refractivity contribution in [1.29, 1.82) is 0 Å². The first-order valence-electron chi connectivity index (χ1n) is 7.75. The van der Waals surface area contributed by atoms with Gasteiger partial charge in [0, 0.05) is 12.1 Å². The van der Waals surface area contributed by atoms with Gasteiger partial charge in [0.1, 0.15) is 18.1 Å². The van der Waals surface area contributed by atoms with Crippen molar-refractivity contribution in [2.45, 2.75) is 19.9 Å². The van der Waals surface area contributed by atoms with Gasteiger partial charge in [-0.1, -0.05) is 37.3 Å². The smallest absolute Gasteiger partial charge is 0.123 e. The highest BCUT2D eigenvalue weighted by Crippen LogP contribution is 2.28. The van der Waals surface area contributed by atoms with E-state index in [1.54, 1.807) is 6.26 Å². The summed E-state index contributed by atoms with van der Waals surface area (Å²) < 4.78 is 11.2. The van der Waals surface area contributed by atoms with Gasteiger partial charge in [0.05, 0.1) is 12.8 Å². The highest BCUT2D eigenvalue weighted by molar-refractivity contribution is 5.87. The Labute approximate surface area is 130 Å². The van der Waals surface area contributed by atoms with Gasteiger partial charge in [-0.05, 0) is 35.4 Å². The molecule has 3 aromatic rings. The zero-order valence-electron chi connectivity index (χ0n) is 12.8. The average molecular weight is 295 g/mol. The highest BCUT2D eigenvalue weighted by atomic mass is 16.5. The number of fused-ring (bicyclic) bond motifs is 1. The zero-order valence-corrected chi connectivity index (χ0v) is 12.8. The molecule has 2 aromatic carbocycles. The molecule has 22 heavy (non-hydrogen) atoms. The Bertz CT molecular complexity index is 719. The number of ether oxygens (including phenoxy) is 1. The fourth-order valence-electron chi connectivity index (χ4n) is 2.67. The number of aryl methyl sites for hydroxylation is 1. The maximum atomic E-state index is 5.96. The molecule has 3 heteroatoms. The molecular formula is C19H21NO2. The Morgan fingerprint density at radius 2 is 1.95 bits per heavy atom. The van der Waals surface area contributed by atoms with Gasteiger partial charge < -0.3 is 14.5 Å². The summed E-state index contributed by atoms with van der Waals surface area (Å²) in [5, 5.41) is 5.86. The number of rotatable bonds is 7. The minimum Gasteiger partial charge on any atom is -0.492 e. The molecule has 0 aliphatic carbocycles. The second kappa shape index (κ2) is 7.14. The Hall–Kier alpha value is -2.26. The monoisotopic (exact) mass is 295 g/mol. The van der Waals surface area contributed by atoms with E-state index >= 15 is 0 Å². The average Bonchev–Trinajstić information content (AvgIpc) is 3.07. The Morgan fingerprint density at radius 3 is 2.77 bits per heavy atom. The van der Waals surface area contributed by atoms with Crippen LogP contribution < -0.4 is 10.1 Å². The summed E-state index contributed by atoms with van der Waals surface area (Å²) in [4.78, 5) is 0. The number of hydrogen-bond donors (Lipinski definition) is 1. The molecule has 0 unspecified atom stereocenters. The van der Waals surface area contributed by atoms with Crippen LogP contribution in [0, 0.1) is 0 Å². The van der Waals surface area contributed by atoms with Crippen molar-refractivity contribution >= 4 is 10.8 Å². The molecule has 0 radical (unpaired) electrons. The van der Waals surface area contributed by atoms with Gasteiger partial charge in [-0.25, -0.2) is 0 Å². The lowest BCUT2D eigenvalue weighted by atomic mass is 10.0. The Morgan fingerprint density at radius 1 is 1.05 bits per heavy atom. The van der Waals surface area contributed by atoms with Crippen LogP contribution in [0.25, 0.3) is 10.8 Å². The van der Waals surface area contributed by atoms with Crippen LogP contribution in [-0.4, -0.2) is 13.2 Å². The summed E-state index contributed by atoms with van der Waals surface area (Å²) in [6.07, 6.45) is 2.66. The van der Waals surface area contributed by atoms with Crippen molar-refractivity contribution in [3.05, 3.63) is 66.1 Å². The highest BCUT2D eigenvalue weighted by Gasteiger charge is 2.06. The normalized spacial score (nSPS) is 11.0. The van der Waals surface area contributed by atoms with Crippen molar-refractivity contribution in [3.8, 4) is 5.75 Å². The first kappa shape index (κ1) is 14.7. The zero-order chi connectivity index (χ0) is 15.2. The third-order valence-corrected chi connectivity index (χ3v) is 3.77. The molecule has 1 heterocycles.